The van der Waals surface area contributed by atoms with Crippen molar-refractivity contribution < 1.29 is 9.53 Å². The first-order valence-corrected chi connectivity index (χ1v) is 12.2. The average molecular weight is 550 g/mol. The lowest BCUT2D eigenvalue weighted by atomic mass is 10.0. The van der Waals surface area contributed by atoms with Crippen LogP contribution in [0.4, 0.5) is 5.13 Å². The van der Waals surface area contributed by atoms with Crippen molar-refractivity contribution in [3.63, 3.8) is 0 Å². The number of ether oxygens (including phenoxy) is 1. The van der Waals surface area contributed by atoms with Crippen molar-refractivity contribution in [3.05, 3.63) is 71.2 Å². The zero-order valence-electron chi connectivity index (χ0n) is 18.5. The van der Waals surface area contributed by atoms with Crippen LogP contribution < -0.4 is 9.64 Å². The highest BCUT2D eigenvalue weighted by Gasteiger charge is 2.20. The summed E-state index contributed by atoms with van der Waals surface area (Å²) >= 11 is 5.02. The molecule has 0 aliphatic heterocycles. The zero-order valence-corrected chi connectivity index (χ0v) is 21.7. The molecule has 0 bridgehead atoms. The van der Waals surface area contributed by atoms with E-state index in [1.165, 1.54) is 16.9 Å². The number of rotatable bonds is 9. The molecule has 174 valence electrons. The molecular weight excluding hydrogens is 524 g/mol. The molecule has 1 amide bonds. The quantitative estimate of drug-likeness (QED) is 0.246. The predicted molar refractivity (Wildman–Crippen MR) is 140 cm³/mol. The van der Waals surface area contributed by atoms with Crippen LogP contribution in [0, 0.1) is 0 Å². The first-order valence-electron chi connectivity index (χ1n) is 10.5. The summed E-state index contributed by atoms with van der Waals surface area (Å²) in [6.45, 7) is 5.59. The molecule has 0 radical (unpaired) electrons. The first-order chi connectivity index (χ1) is 15.5. The molecule has 0 unspecified atom stereocenters. The summed E-state index contributed by atoms with van der Waals surface area (Å²) in [5.74, 6) is 1.03. The van der Waals surface area contributed by atoms with Crippen LogP contribution in [0.3, 0.4) is 0 Å². The molecule has 2 aromatic carbocycles. The molecular formula is C24H26BrClN4O2S. The van der Waals surface area contributed by atoms with E-state index in [-0.39, 0.29) is 24.9 Å². The molecule has 0 aliphatic carbocycles. The Bertz CT molecular complexity index is 1180. The SMILES string of the molecule is CC(C)c1ccc(OCC(=O)N(CCCn2ccnc2)c2nc3ccc(Br)cc3s2)cc1.Cl. The molecule has 2 aromatic heterocycles. The van der Waals surface area contributed by atoms with Crippen LogP contribution in [-0.2, 0) is 11.3 Å². The Balaban J connectivity index is 0.00000306. The maximum absolute atomic E-state index is 13.2. The first kappa shape index (κ1) is 25.2. The Kier molecular flexibility index (Phi) is 8.88. The van der Waals surface area contributed by atoms with Crippen LogP contribution in [0.25, 0.3) is 10.2 Å². The van der Waals surface area contributed by atoms with E-state index in [1.807, 2.05) is 53.2 Å². The molecule has 0 saturated carbocycles. The van der Waals surface area contributed by atoms with E-state index in [0.717, 1.165) is 27.7 Å². The summed E-state index contributed by atoms with van der Waals surface area (Å²) in [6.07, 6.45) is 6.24. The second kappa shape index (κ2) is 11.6. The minimum absolute atomic E-state index is 0. The summed E-state index contributed by atoms with van der Waals surface area (Å²) in [7, 11) is 0. The summed E-state index contributed by atoms with van der Waals surface area (Å²) < 4.78 is 9.84. The normalized spacial score (nSPS) is 10.9. The second-order valence-electron chi connectivity index (χ2n) is 7.82. The maximum atomic E-state index is 13.2. The van der Waals surface area contributed by atoms with Crippen LogP contribution in [0.2, 0.25) is 0 Å². The van der Waals surface area contributed by atoms with Gasteiger partial charge in [0, 0.05) is 30.0 Å². The average Bonchev–Trinajstić information content (AvgIpc) is 3.44. The molecule has 0 N–H and O–H groups in total. The molecule has 9 heteroatoms. The van der Waals surface area contributed by atoms with E-state index in [1.54, 1.807) is 17.4 Å². The highest BCUT2D eigenvalue weighted by molar-refractivity contribution is 9.10. The molecule has 6 nitrogen and oxygen atoms in total. The van der Waals surface area contributed by atoms with Crippen LogP contribution in [-0.4, -0.2) is 33.6 Å². The molecule has 0 aliphatic rings. The number of hydrogen-bond acceptors (Lipinski definition) is 5. The lowest BCUT2D eigenvalue weighted by molar-refractivity contribution is -0.120. The molecule has 4 rings (SSSR count). The summed E-state index contributed by atoms with van der Waals surface area (Å²) in [4.78, 5) is 23.7. The van der Waals surface area contributed by atoms with Crippen LogP contribution in [0.1, 0.15) is 31.7 Å². The molecule has 0 saturated heterocycles. The minimum Gasteiger partial charge on any atom is -0.484 e. The van der Waals surface area contributed by atoms with Crippen LogP contribution in [0.5, 0.6) is 5.75 Å². The third-order valence-corrected chi connectivity index (χ3v) is 6.67. The molecule has 4 aromatic rings. The Morgan fingerprint density at radius 3 is 2.70 bits per heavy atom. The van der Waals surface area contributed by atoms with Gasteiger partial charge in [0.15, 0.2) is 11.7 Å². The Hall–Kier alpha value is -2.42. The van der Waals surface area contributed by atoms with E-state index in [2.05, 4.69) is 34.8 Å². The molecule has 0 fully saturated rings. The predicted octanol–water partition coefficient (Wildman–Crippen LogP) is 6.30. The third-order valence-electron chi connectivity index (χ3n) is 5.14. The number of nitrogens with zero attached hydrogens (tertiary/aromatic N) is 4. The number of thiazole rings is 1. The van der Waals surface area contributed by atoms with Gasteiger partial charge in [-0.15, -0.1) is 12.4 Å². The highest BCUT2D eigenvalue weighted by atomic mass is 79.9. The van der Waals surface area contributed by atoms with Gasteiger partial charge in [-0.1, -0.05) is 53.2 Å². The van der Waals surface area contributed by atoms with Gasteiger partial charge in [0.05, 0.1) is 16.5 Å². The van der Waals surface area contributed by atoms with Crippen molar-refractivity contribution in [2.24, 2.45) is 0 Å². The van der Waals surface area contributed by atoms with Crippen molar-refractivity contribution in [3.8, 4) is 5.75 Å². The topological polar surface area (TPSA) is 60.2 Å². The molecule has 0 atom stereocenters. The standard InChI is InChI=1S/C24H25BrN4O2S.ClH/c1-17(2)18-4-7-20(8-5-18)31-15-23(30)29(12-3-11-28-13-10-26-16-28)24-27-21-9-6-19(25)14-22(21)32-24;/h4-10,13-14,16-17H,3,11-12,15H2,1-2H3;1H. The summed E-state index contributed by atoms with van der Waals surface area (Å²) in [5.41, 5.74) is 2.12. The van der Waals surface area contributed by atoms with Gasteiger partial charge >= 0.3 is 0 Å². The van der Waals surface area contributed by atoms with Crippen LogP contribution >= 0.6 is 39.7 Å². The lowest BCUT2D eigenvalue weighted by Crippen LogP contribution is -2.36. The number of amides is 1. The summed E-state index contributed by atoms with van der Waals surface area (Å²) in [6, 6.07) is 13.9. The van der Waals surface area contributed by atoms with Crippen molar-refractivity contribution in [1.29, 1.82) is 0 Å². The fourth-order valence-corrected chi connectivity index (χ4v) is 4.89. The number of imidazole rings is 1. The smallest absolute Gasteiger partial charge is 0.266 e. The zero-order chi connectivity index (χ0) is 22.5. The Labute approximate surface area is 212 Å². The van der Waals surface area contributed by atoms with E-state index in [9.17, 15) is 4.79 Å². The number of anilines is 1. The van der Waals surface area contributed by atoms with E-state index in [4.69, 9.17) is 9.72 Å². The minimum atomic E-state index is -0.110. The molecule has 33 heavy (non-hydrogen) atoms. The van der Waals surface area contributed by atoms with Gasteiger partial charge in [-0.25, -0.2) is 9.97 Å². The number of fused-ring (bicyclic) bond motifs is 1. The number of benzene rings is 2. The third kappa shape index (κ3) is 6.56. The number of halogens is 2. The van der Waals surface area contributed by atoms with Crippen molar-refractivity contribution in [1.82, 2.24) is 14.5 Å². The van der Waals surface area contributed by atoms with E-state index >= 15 is 0 Å². The van der Waals surface area contributed by atoms with Crippen molar-refractivity contribution in [2.75, 3.05) is 18.1 Å². The lowest BCUT2D eigenvalue weighted by Gasteiger charge is -2.20. The van der Waals surface area contributed by atoms with Crippen molar-refractivity contribution >= 4 is 60.9 Å². The fourth-order valence-electron chi connectivity index (χ4n) is 3.33. The number of carbonyl (C=O) groups excluding carboxylic acids is 1. The van der Waals surface area contributed by atoms with Gasteiger partial charge in [-0.3, -0.25) is 9.69 Å². The van der Waals surface area contributed by atoms with Gasteiger partial charge in [-0.05, 0) is 48.2 Å². The molecule has 2 heterocycles. The van der Waals surface area contributed by atoms with Gasteiger partial charge in [0.25, 0.3) is 5.91 Å². The number of carbonyl (C=O) groups is 1. The summed E-state index contributed by atoms with van der Waals surface area (Å²) in [5, 5.41) is 0.687. The second-order valence-corrected chi connectivity index (χ2v) is 9.75. The van der Waals surface area contributed by atoms with Gasteiger partial charge in [0.1, 0.15) is 5.75 Å². The Morgan fingerprint density at radius 1 is 1.21 bits per heavy atom. The number of aromatic nitrogens is 3. The van der Waals surface area contributed by atoms with E-state index in [0.29, 0.717) is 23.3 Å². The number of hydrogen-bond donors (Lipinski definition) is 0. The van der Waals surface area contributed by atoms with Gasteiger partial charge in [0.2, 0.25) is 0 Å². The van der Waals surface area contributed by atoms with Crippen LogP contribution in [0.15, 0.2) is 65.7 Å². The van der Waals surface area contributed by atoms with Gasteiger partial charge in [-0.2, -0.15) is 0 Å². The number of aryl methyl sites for hydroxylation is 1. The highest BCUT2D eigenvalue weighted by Crippen LogP contribution is 2.31. The van der Waals surface area contributed by atoms with E-state index < -0.39 is 0 Å². The van der Waals surface area contributed by atoms with Gasteiger partial charge < -0.3 is 9.30 Å². The monoisotopic (exact) mass is 548 g/mol. The molecule has 0 spiro atoms. The largest absolute Gasteiger partial charge is 0.484 e. The maximum Gasteiger partial charge on any atom is 0.266 e. The Morgan fingerprint density at radius 2 is 2.00 bits per heavy atom. The fraction of sp³-hybridized carbons (Fsp3) is 0.292. The van der Waals surface area contributed by atoms with Crippen molar-refractivity contribution in [2.45, 2.75) is 32.7 Å².